The van der Waals surface area contributed by atoms with Crippen LogP contribution in [0.3, 0.4) is 0 Å². The van der Waals surface area contributed by atoms with Crippen molar-refractivity contribution in [2.24, 2.45) is 0 Å². The zero-order valence-corrected chi connectivity index (χ0v) is 23.2. The molecule has 4 aromatic rings. The molecule has 2 aromatic heterocycles. The van der Waals surface area contributed by atoms with E-state index in [4.69, 9.17) is 11.6 Å². The molecule has 0 aliphatic carbocycles. The van der Waals surface area contributed by atoms with Crippen molar-refractivity contribution in [2.75, 3.05) is 16.9 Å². The number of benzene rings is 2. The smallest absolute Gasteiger partial charge is 0.322 e. The maximum Gasteiger partial charge on any atom is 0.433 e. The molecule has 0 spiro atoms. The molecule has 0 saturated heterocycles. The number of carbonyl (C=O) groups excluding carboxylic acids is 2. The Balaban J connectivity index is 1.63. The van der Waals surface area contributed by atoms with E-state index in [2.05, 4.69) is 20.6 Å². The van der Waals surface area contributed by atoms with Crippen LogP contribution in [0.25, 0.3) is 11.3 Å². The van der Waals surface area contributed by atoms with Gasteiger partial charge in [-0.15, -0.1) is 0 Å². The van der Waals surface area contributed by atoms with Crippen LogP contribution in [0, 0.1) is 6.92 Å². The first-order valence-corrected chi connectivity index (χ1v) is 14.3. The molecule has 0 aliphatic heterocycles. The van der Waals surface area contributed by atoms with E-state index < -0.39 is 39.3 Å². The lowest BCUT2D eigenvalue weighted by Gasteiger charge is -2.15. The third-order valence-electron chi connectivity index (χ3n) is 5.82. The van der Waals surface area contributed by atoms with Gasteiger partial charge in [0.2, 0.25) is 0 Å². The normalized spacial score (nSPS) is 11.7. The highest BCUT2D eigenvalue weighted by Gasteiger charge is 2.33. The minimum atomic E-state index is -4.69. The van der Waals surface area contributed by atoms with E-state index in [0.717, 1.165) is 12.3 Å². The van der Waals surface area contributed by atoms with Crippen LogP contribution in [0.15, 0.2) is 72.9 Å². The Bertz CT molecular complexity index is 1750. The number of aromatic nitrogens is 2. The molecule has 0 saturated carbocycles. The molecular formula is C28H22ClF3N4O4S. The SMILES string of the molecule is Cc1nc(C(F)(F)F)ccc1C(=O)Nc1cc(C(=O)Nc2ccc(Cl)c(-c3ccccn3)c2)ccc1CS(C)(=O)=O. The Morgan fingerprint density at radius 3 is 2.34 bits per heavy atom. The van der Waals surface area contributed by atoms with Crippen LogP contribution < -0.4 is 10.6 Å². The molecule has 0 aliphatic rings. The molecule has 13 heteroatoms. The lowest BCUT2D eigenvalue weighted by Crippen LogP contribution is -2.19. The van der Waals surface area contributed by atoms with Gasteiger partial charge in [-0.2, -0.15) is 13.2 Å². The van der Waals surface area contributed by atoms with Crippen molar-refractivity contribution < 1.29 is 31.2 Å². The summed E-state index contributed by atoms with van der Waals surface area (Å²) in [4.78, 5) is 33.8. The molecule has 41 heavy (non-hydrogen) atoms. The number of hydrogen-bond acceptors (Lipinski definition) is 6. The Kier molecular flexibility index (Phi) is 8.45. The number of anilines is 2. The first-order chi connectivity index (χ1) is 19.2. The van der Waals surface area contributed by atoms with E-state index in [1.54, 1.807) is 42.6 Å². The fourth-order valence-corrected chi connectivity index (χ4v) is 4.95. The van der Waals surface area contributed by atoms with Crippen molar-refractivity contribution in [3.05, 3.63) is 106 Å². The van der Waals surface area contributed by atoms with E-state index in [0.29, 0.717) is 28.0 Å². The molecule has 2 N–H and O–H groups in total. The third kappa shape index (κ3) is 7.47. The van der Waals surface area contributed by atoms with Gasteiger partial charge in [-0.3, -0.25) is 14.6 Å². The average molecular weight is 603 g/mol. The fraction of sp³-hybridized carbons (Fsp3) is 0.143. The summed E-state index contributed by atoms with van der Waals surface area (Å²) in [5.41, 5.74) is 0.349. The molecule has 2 heterocycles. The van der Waals surface area contributed by atoms with E-state index in [1.807, 2.05) is 0 Å². The third-order valence-corrected chi connectivity index (χ3v) is 6.99. The number of aryl methyl sites for hydroxylation is 1. The number of rotatable bonds is 7. The van der Waals surface area contributed by atoms with Crippen LogP contribution >= 0.6 is 11.6 Å². The molecule has 2 amide bonds. The monoisotopic (exact) mass is 602 g/mol. The van der Waals surface area contributed by atoms with Crippen molar-refractivity contribution >= 4 is 44.6 Å². The van der Waals surface area contributed by atoms with E-state index in [-0.39, 0.29) is 28.1 Å². The number of sulfone groups is 1. The van der Waals surface area contributed by atoms with Gasteiger partial charge in [-0.1, -0.05) is 23.7 Å². The lowest BCUT2D eigenvalue weighted by molar-refractivity contribution is -0.141. The first kappa shape index (κ1) is 29.7. The van der Waals surface area contributed by atoms with Crippen LogP contribution in [0.5, 0.6) is 0 Å². The summed E-state index contributed by atoms with van der Waals surface area (Å²) in [5, 5.41) is 5.67. The molecule has 4 rings (SSSR count). The highest BCUT2D eigenvalue weighted by atomic mass is 35.5. The van der Waals surface area contributed by atoms with Crippen LogP contribution in [0.1, 0.15) is 37.7 Å². The molecular weight excluding hydrogens is 581 g/mol. The zero-order valence-electron chi connectivity index (χ0n) is 21.6. The molecule has 0 radical (unpaired) electrons. The average Bonchev–Trinajstić information content (AvgIpc) is 2.89. The molecule has 8 nitrogen and oxygen atoms in total. The number of nitrogens with one attached hydrogen (secondary N) is 2. The fourth-order valence-electron chi connectivity index (χ4n) is 3.92. The second-order valence-corrected chi connectivity index (χ2v) is 11.6. The van der Waals surface area contributed by atoms with E-state index in [9.17, 15) is 31.2 Å². The van der Waals surface area contributed by atoms with Crippen molar-refractivity contribution in [3.8, 4) is 11.3 Å². The summed E-state index contributed by atoms with van der Waals surface area (Å²) < 4.78 is 63.0. The second-order valence-electron chi connectivity index (χ2n) is 9.09. The van der Waals surface area contributed by atoms with Gasteiger partial charge in [0, 0.05) is 35.0 Å². The lowest BCUT2D eigenvalue weighted by atomic mass is 10.1. The predicted molar refractivity (Wildman–Crippen MR) is 150 cm³/mol. The number of halogens is 4. The number of pyridine rings is 2. The zero-order chi connectivity index (χ0) is 29.9. The van der Waals surface area contributed by atoms with Gasteiger partial charge >= 0.3 is 6.18 Å². The standard InChI is InChI=1S/C28H22ClF3N4O4S/c1-16-20(9-11-25(34-16)28(30,31)32)27(38)36-24-13-17(6-7-18(24)15-41(2,39)40)26(37)35-19-8-10-22(29)21(14-19)23-5-3-4-12-33-23/h3-14H,15H2,1-2H3,(H,35,37)(H,36,38). The maximum absolute atomic E-state index is 13.1. The highest BCUT2D eigenvalue weighted by Crippen LogP contribution is 2.31. The molecule has 0 fully saturated rings. The molecule has 2 aromatic carbocycles. The number of amides is 2. The number of carbonyl (C=O) groups is 2. The number of alkyl halides is 3. The summed E-state index contributed by atoms with van der Waals surface area (Å²) >= 11 is 6.31. The van der Waals surface area contributed by atoms with Gasteiger partial charge in [0.25, 0.3) is 11.8 Å². The van der Waals surface area contributed by atoms with Crippen LogP contribution in [0.4, 0.5) is 24.5 Å². The van der Waals surface area contributed by atoms with Crippen LogP contribution in [-0.2, 0) is 21.8 Å². The summed E-state index contributed by atoms with van der Waals surface area (Å²) in [6, 6.07) is 15.9. The minimum absolute atomic E-state index is 0.00217. The van der Waals surface area contributed by atoms with Gasteiger partial charge < -0.3 is 10.6 Å². The molecule has 0 atom stereocenters. The molecule has 0 unspecified atom stereocenters. The van der Waals surface area contributed by atoms with E-state index >= 15 is 0 Å². The van der Waals surface area contributed by atoms with Crippen LogP contribution in [-0.4, -0.2) is 36.5 Å². The van der Waals surface area contributed by atoms with Gasteiger partial charge in [-0.25, -0.2) is 13.4 Å². The van der Waals surface area contributed by atoms with Crippen molar-refractivity contribution in [1.29, 1.82) is 0 Å². The Morgan fingerprint density at radius 2 is 1.71 bits per heavy atom. The molecule has 212 valence electrons. The predicted octanol–water partition coefficient (Wildman–Crippen LogP) is 6.17. The number of hydrogen-bond donors (Lipinski definition) is 2. The summed E-state index contributed by atoms with van der Waals surface area (Å²) in [5.74, 6) is -1.86. The van der Waals surface area contributed by atoms with Gasteiger partial charge in [-0.05, 0) is 67.1 Å². The first-order valence-electron chi connectivity index (χ1n) is 11.9. The largest absolute Gasteiger partial charge is 0.433 e. The Labute approximate surface area is 238 Å². The van der Waals surface area contributed by atoms with Crippen molar-refractivity contribution in [3.63, 3.8) is 0 Å². The van der Waals surface area contributed by atoms with Gasteiger partial charge in [0.1, 0.15) is 5.69 Å². The minimum Gasteiger partial charge on any atom is -0.322 e. The van der Waals surface area contributed by atoms with Crippen molar-refractivity contribution in [1.82, 2.24) is 9.97 Å². The second kappa shape index (κ2) is 11.7. The van der Waals surface area contributed by atoms with Gasteiger partial charge in [0.05, 0.1) is 27.7 Å². The summed E-state index contributed by atoms with van der Waals surface area (Å²) in [7, 11) is -3.55. The topological polar surface area (TPSA) is 118 Å². The highest BCUT2D eigenvalue weighted by molar-refractivity contribution is 7.89. The van der Waals surface area contributed by atoms with Crippen LogP contribution in [0.2, 0.25) is 5.02 Å². The van der Waals surface area contributed by atoms with E-state index in [1.165, 1.54) is 25.1 Å². The maximum atomic E-state index is 13.1. The number of nitrogens with zero attached hydrogens (tertiary/aromatic N) is 2. The van der Waals surface area contributed by atoms with Gasteiger partial charge in [0.15, 0.2) is 9.84 Å². The summed E-state index contributed by atoms with van der Waals surface area (Å²) in [6.07, 6.45) is -2.08. The Morgan fingerprint density at radius 1 is 0.951 bits per heavy atom. The molecule has 0 bridgehead atoms. The summed E-state index contributed by atoms with van der Waals surface area (Å²) in [6.45, 7) is 1.25. The Hall–Kier alpha value is -4.29. The quantitative estimate of drug-likeness (QED) is 0.261. The van der Waals surface area contributed by atoms with Crippen molar-refractivity contribution in [2.45, 2.75) is 18.9 Å².